The van der Waals surface area contributed by atoms with Gasteiger partial charge in [-0.15, -0.1) is 0 Å². The van der Waals surface area contributed by atoms with E-state index in [-0.39, 0.29) is 5.56 Å². The van der Waals surface area contributed by atoms with Crippen LogP contribution >= 0.6 is 0 Å². The molecular formula is C26H26N2O4. The van der Waals surface area contributed by atoms with Gasteiger partial charge in [0.1, 0.15) is 11.5 Å². The predicted octanol–water partition coefficient (Wildman–Crippen LogP) is 4.81. The van der Waals surface area contributed by atoms with E-state index in [9.17, 15) is 9.90 Å². The highest BCUT2D eigenvalue weighted by Crippen LogP contribution is 2.26. The van der Waals surface area contributed by atoms with Gasteiger partial charge in [-0.1, -0.05) is 30.3 Å². The first-order valence-electron chi connectivity index (χ1n) is 10.2. The number of para-hydroxylation sites is 1. The Morgan fingerprint density at radius 1 is 0.906 bits per heavy atom. The van der Waals surface area contributed by atoms with Crippen molar-refractivity contribution in [3.63, 3.8) is 0 Å². The minimum Gasteiger partial charge on any atom is -0.497 e. The standard InChI is InChI=1S/C17H13NO3.C9H13NO/c1-21-12-8-6-11(7-9-12)16-10-14(17(19)20)13-4-2-3-5-15(13)18-16;1-11-9-4-2-8(3-5-9)6-7-10/h2-10H,1H3,(H,19,20);2-5H,6-7,10H2,1H3. The molecular weight excluding hydrogens is 404 g/mol. The number of rotatable bonds is 6. The molecule has 0 saturated heterocycles. The first kappa shape index (κ1) is 22.8. The van der Waals surface area contributed by atoms with Crippen molar-refractivity contribution in [2.45, 2.75) is 6.42 Å². The number of hydrogen-bond donors (Lipinski definition) is 2. The van der Waals surface area contributed by atoms with Gasteiger partial charge in [0, 0.05) is 10.9 Å². The highest BCUT2D eigenvalue weighted by molar-refractivity contribution is 6.03. The van der Waals surface area contributed by atoms with Crippen LogP contribution < -0.4 is 15.2 Å². The molecule has 4 rings (SSSR count). The van der Waals surface area contributed by atoms with Crippen LogP contribution in [0.2, 0.25) is 0 Å². The van der Waals surface area contributed by atoms with Crippen molar-refractivity contribution in [1.82, 2.24) is 4.98 Å². The second-order valence-electron chi connectivity index (χ2n) is 6.99. The number of methoxy groups -OCH3 is 2. The van der Waals surface area contributed by atoms with Gasteiger partial charge >= 0.3 is 5.97 Å². The lowest BCUT2D eigenvalue weighted by atomic mass is 10.0. The third-order valence-corrected chi connectivity index (χ3v) is 4.92. The number of carbonyl (C=O) groups is 1. The number of aromatic nitrogens is 1. The molecule has 164 valence electrons. The molecule has 0 spiro atoms. The van der Waals surface area contributed by atoms with Crippen LogP contribution in [0.15, 0.2) is 78.9 Å². The Labute approximate surface area is 187 Å². The Bertz CT molecular complexity index is 1170. The molecule has 0 aliphatic carbocycles. The zero-order valence-electron chi connectivity index (χ0n) is 18.1. The van der Waals surface area contributed by atoms with Crippen LogP contribution in [0.5, 0.6) is 11.5 Å². The normalized spacial score (nSPS) is 10.2. The number of carboxylic acid groups (broad SMARTS) is 1. The molecule has 3 aromatic carbocycles. The Balaban J connectivity index is 0.000000222. The fourth-order valence-corrected chi connectivity index (χ4v) is 3.22. The Morgan fingerprint density at radius 2 is 1.50 bits per heavy atom. The maximum Gasteiger partial charge on any atom is 0.336 e. The van der Waals surface area contributed by atoms with Crippen molar-refractivity contribution in [3.05, 3.63) is 90.0 Å². The number of hydrogen-bond acceptors (Lipinski definition) is 5. The molecule has 0 fully saturated rings. The number of nitrogens with two attached hydrogens (primary N) is 1. The molecule has 6 nitrogen and oxygen atoms in total. The van der Waals surface area contributed by atoms with E-state index in [1.165, 1.54) is 5.56 Å². The van der Waals surface area contributed by atoms with E-state index in [2.05, 4.69) is 4.98 Å². The van der Waals surface area contributed by atoms with Gasteiger partial charge in [-0.3, -0.25) is 0 Å². The summed E-state index contributed by atoms with van der Waals surface area (Å²) in [5, 5.41) is 10.0. The summed E-state index contributed by atoms with van der Waals surface area (Å²) in [5.74, 6) is 0.687. The van der Waals surface area contributed by atoms with Gasteiger partial charge in [0.2, 0.25) is 0 Å². The van der Waals surface area contributed by atoms with Crippen molar-refractivity contribution in [1.29, 1.82) is 0 Å². The lowest BCUT2D eigenvalue weighted by Crippen LogP contribution is -2.02. The van der Waals surface area contributed by atoms with E-state index in [4.69, 9.17) is 15.2 Å². The van der Waals surface area contributed by atoms with E-state index in [0.29, 0.717) is 23.1 Å². The van der Waals surface area contributed by atoms with Crippen LogP contribution in [-0.2, 0) is 6.42 Å². The number of carboxylic acids is 1. The Kier molecular flexibility index (Phi) is 7.78. The minimum atomic E-state index is -0.955. The van der Waals surface area contributed by atoms with Gasteiger partial charge in [-0.2, -0.15) is 0 Å². The van der Waals surface area contributed by atoms with Crippen LogP contribution in [0.3, 0.4) is 0 Å². The molecule has 0 amide bonds. The van der Waals surface area contributed by atoms with Crippen LogP contribution in [-0.4, -0.2) is 36.8 Å². The lowest BCUT2D eigenvalue weighted by Gasteiger charge is -2.07. The molecule has 1 aromatic heterocycles. The van der Waals surface area contributed by atoms with E-state index < -0.39 is 5.97 Å². The second-order valence-corrected chi connectivity index (χ2v) is 6.99. The van der Waals surface area contributed by atoms with Crippen LogP contribution in [0.25, 0.3) is 22.2 Å². The third-order valence-electron chi connectivity index (χ3n) is 4.92. The van der Waals surface area contributed by atoms with Gasteiger partial charge in [-0.25, -0.2) is 9.78 Å². The number of benzene rings is 3. The molecule has 0 bridgehead atoms. The van der Waals surface area contributed by atoms with Crippen molar-refractivity contribution in [2.75, 3.05) is 20.8 Å². The SMILES string of the molecule is COc1ccc(-c2cc(C(=O)O)c3ccccc3n2)cc1.COc1ccc(CCN)cc1. The van der Waals surface area contributed by atoms with Crippen LogP contribution in [0.1, 0.15) is 15.9 Å². The summed E-state index contributed by atoms with van der Waals surface area (Å²) < 4.78 is 10.1. The highest BCUT2D eigenvalue weighted by Gasteiger charge is 2.12. The van der Waals surface area contributed by atoms with Gasteiger partial charge in [0.15, 0.2) is 0 Å². The molecule has 0 radical (unpaired) electrons. The largest absolute Gasteiger partial charge is 0.497 e. The second kappa shape index (κ2) is 10.9. The monoisotopic (exact) mass is 430 g/mol. The molecule has 0 aliphatic heterocycles. The lowest BCUT2D eigenvalue weighted by molar-refractivity contribution is 0.0699. The molecule has 0 unspecified atom stereocenters. The fraction of sp³-hybridized carbons (Fsp3) is 0.154. The third kappa shape index (κ3) is 5.62. The summed E-state index contributed by atoms with van der Waals surface area (Å²) in [6, 6.07) is 24.2. The topological polar surface area (TPSA) is 94.7 Å². The maximum atomic E-state index is 11.5. The quantitative estimate of drug-likeness (QED) is 0.456. The van der Waals surface area contributed by atoms with Crippen LogP contribution in [0, 0.1) is 0 Å². The average Bonchev–Trinajstić information content (AvgIpc) is 2.84. The molecule has 0 atom stereocenters. The summed E-state index contributed by atoms with van der Waals surface area (Å²) in [4.78, 5) is 16.0. The van der Waals surface area contributed by atoms with Gasteiger partial charge < -0.3 is 20.3 Å². The minimum absolute atomic E-state index is 0.256. The molecule has 6 heteroatoms. The zero-order chi connectivity index (χ0) is 22.9. The number of fused-ring (bicyclic) bond motifs is 1. The van der Waals surface area contributed by atoms with Gasteiger partial charge in [0.25, 0.3) is 0 Å². The van der Waals surface area contributed by atoms with Crippen molar-refractivity contribution in [3.8, 4) is 22.8 Å². The summed E-state index contributed by atoms with van der Waals surface area (Å²) in [7, 11) is 3.27. The summed E-state index contributed by atoms with van der Waals surface area (Å²) >= 11 is 0. The van der Waals surface area contributed by atoms with Crippen molar-refractivity contribution < 1.29 is 19.4 Å². The van der Waals surface area contributed by atoms with E-state index in [0.717, 1.165) is 23.5 Å². The zero-order valence-corrected chi connectivity index (χ0v) is 18.1. The molecule has 0 saturated carbocycles. The number of nitrogens with zero attached hydrogens (tertiary/aromatic N) is 1. The molecule has 3 N–H and O–H groups in total. The first-order chi connectivity index (χ1) is 15.5. The smallest absolute Gasteiger partial charge is 0.336 e. The molecule has 0 aliphatic rings. The Morgan fingerprint density at radius 3 is 2.06 bits per heavy atom. The number of ether oxygens (including phenoxy) is 2. The molecule has 1 heterocycles. The first-order valence-corrected chi connectivity index (χ1v) is 10.2. The number of pyridine rings is 1. The summed E-state index contributed by atoms with van der Waals surface area (Å²) in [6.45, 7) is 0.701. The summed E-state index contributed by atoms with van der Waals surface area (Å²) in [5.41, 5.74) is 9.07. The molecule has 4 aromatic rings. The van der Waals surface area contributed by atoms with Crippen molar-refractivity contribution >= 4 is 16.9 Å². The average molecular weight is 431 g/mol. The van der Waals surface area contributed by atoms with Gasteiger partial charge in [0.05, 0.1) is 31.0 Å². The maximum absolute atomic E-state index is 11.5. The number of aromatic carboxylic acids is 1. The predicted molar refractivity (Wildman–Crippen MR) is 126 cm³/mol. The highest BCUT2D eigenvalue weighted by atomic mass is 16.5. The van der Waals surface area contributed by atoms with Crippen LogP contribution in [0.4, 0.5) is 0 Å². The summed E-state index contributed by atoms with van der Waals surface area (Å²) in [6.07, 6.45) is 0.935. The van der Waals surface area contributed by atoms with Gasteiger partial charge in [-0.05, 0) is 67.1 Å². The van der Waals surface area contributed by atoms with E-state index in [1.807, 2.05) is 66.7 Å². The van der Waals surface area contributed by atoms with E-state index >= 15 is 0 Å². The fourth-order valence-electron chi connectivity index (χ4n) is 3.22. The van der Waals surface area contributed by atoms with E-state index in [1.54, 1.807) is 26.4 Å². The van der Waals surface area contributed by atoms with Crippen molar-refractivity contribution in [2.24, 2.45) is 5.73 Å². The Hall–Kier alpha value is -3.90. The molecule has 32 heavy (non-hydrogen) atoms.